The number of hydrogen-bond acceptors (Lipinski definition) is 3. The fraction of sp³-hybridized carbons (Fsp3) is 0.500. The second-order valence-corrected chi connectivity index (χ2v) is 3.75. The molecule has 0 aliphatic carbocycles. The summed E-state index contributed by atoms with van der Waals surface area (Å²) in [6, 6.07) is 8.16. The normalized spacial score (nSPS) is 19.3. The van der Waals surface area contributed by atoms with Crippen LogP contribution in [0.2, 0.25) is 0 Å². The topological polar surface area (TPSA) is 27.7 Å². The molecule has 1 fully saturated rings. The number of ether oxygens (including phenoxy) is 3. The summed E-state index contributed by atoms with van der Waals surface area (Å²) in [6.45, 7) is 3.73. The lowest BCUT2D eigenvalue weighted by molar-refractivity contribution is -0.197. The van der Waals surface area contributed by atoms with Crippen molar-refractivity contribution in [1.29, 1.82) is 0 Å². The Bertz CT molecular complexity index is 312. The first-order chi connectivity index (χ1) is 7.27. The summed E-state index contributed by atoms with van der Waals surface area (Å²) in [6.07, 6.45) is 0. The van der Waals surface area contributed by atoms with Crippen molar-refractivity contribution in [2.45, 2.75) is 12.7 Å². The van der Waals surface area contributed by atoms with E-state index in [-0.39, 0.29) is 0 Å². The number of methoxy groups -OCH3 is 1. The van der Waals surface area contributed by atoms with Crippen LogP contribution < -0.4 is 0 Å². The Morgan fingerprint density at radius 1 is 1.20 bits per heavy atom. The lowest BCUT2D eigenvalue weighted by Crippen LogP contribution is -2.32. The molecule has 0 saturated carbocycles. The van der Waals surface area contributed by atoms with Crippen LogP contribution in [0.15, 0.2) is 24.3 Å². The second-order valence-electron chi connectivity index (χ2n) is 3.75. The fourth-order valence-corrected chi connectivity index (χ4v) is 1.79. The van der Waals surface area contributed by atoms with Crippen LogP contribution in [0.3, 0.4) is 0 Å². The number of hydrogen-bond donors (Lipinski definition) is 0. The number of benzene rings is 1. The monoisotopic (exact) mass is 208 g/mol. The highest BCUT2D eigenvalue weighted by atomic mass is 16.8. The highest BCUT2D eigenvalue weighted by Gasteiger charge is 2.38. The van der Waals surface area contributed by atoms with Crippen molar-refractivity contribution < 1.29 is 14.2 Å². The van der Waals surface area contributed by atoms with Gasteiger partial charge in [0.25, 0.3) is 0 Å². The van der Waals surface area contributed by atoms with Crippen molar-refractivity contribution in [2.24, 2.45) is 0 Å². The first kappa shape index (κ1) is 10.6. The molecule has 0 bridgehead atoms. The largest absolute Gasteiger partial charge is 0.379 e. The van der Waals surface area contributed by atoms with Gasteiger partial charge in [-0.15, -0.1) is 0 Å². The lowest BCUT2D eigenvalue weighted by atomic mass is 10.0. The van der Waals surface area contributed by atoms with Gasteiger partial charge in [0.1, 0.15) is 6.61 Å². The van der Waals surface area contributed by atoms with Gasteiger partial charge in [0.05, 0.1) is 13.2 Å². The SMILES string of the molecule is COCC1(c2ccc(C)cc2)OCCO1. The summed E-state index contributed by atoms with van der Waals surface area (Å²) >= 11 is 0. The number of aryl methyl sites for hydroxylation is 1. The van der Waals surface area contributed by atoms with Gasteiger partial charge in [-0.2, -0.15) is 0 Å². The first-order valence-corrected chi connectivity index (χ1v) is 5.11. The summed E-state index contributed by atoms with van der Waals surface area (Å²) in [7, 11) is 1.65. The molecule has 0 spiro atoms. The van der Waals surface area contributed by atoms with E-state index in [0.717, 1.165) is 5.56 Å². The zero-order valence-electron chi connectivity index (χ0n) is 9.16. The third kappa shape index (κ3) is 2.04. The summed E-state index contributed by atoms with van der Waals surface area (Å²) in [4.78, 5) is 0. The quantitative estimate of drug-likeness (QED) is 0.758. The van der Waals surface area contributed by atoms with E-state index in [1.54, 1.807) is 7.11 Å². The van der Waals surface area contributed by atoms with Crippen LogP contribution in [0, 0.1) is 6.92 Å². The maximum Gasteiger partial charge on any atom is 0.219 e. The van der Waals surface area contributed by atoms with Gasteiger partial charge < -0.3 is 14.2 Å². The van der Waals surface area contributed by atoms with Crippen LogP contribution in [-0.4, -0.2) is 26.9 Å². The standard InChI is InChI=1S/C12H16O3/c1-10-3-5-11(6-4-10)12(9-13-2)14-7-8-15-12/h3-6H,7-9H2,1-2H3. The maximum atomic E-state index is 5.66. The second kappa shape index (κ2) is 4.31. The van der Waals surface area contributed by atoms with Crippen molar-refractivity contribution >= 4 is 0 Å². The molecule has 3 heteroatoms. The minimum atomic E-state index is -0.692. The fourth-order valence-electron chi connectivity index (χ4n) is 1.79. The molecule has 1 saturated heterocycles. The smallest absolute Gasteiger partial charge is 0.219 e. The molecule has 2 rings (SSSR count). The Morgan fingerprint density at radius 2 is 1.80 bits per heavy atom. The zero-order chi connectivity index (χ0) is 10.7. The molecule has 15 heavy (non-hydrogen) atoms. The van der Waals surface area contributed by atoms with Gasteiger partial charge in [-0.1, -0.05) is 29.8 Å². The Labute approximate surface area is 90.0 Å². The van der Waals surface area contributed by atoms with Crippen molar-refractivity contribution in [3.8, 4) is 0 Å². The van der Waals surface area contributed by atoms with Crippen LogP contribution >= 0.6 is 0 Å². The highest BCUT2D eigenvalue weighted by Crippen LogP contribution is 2.31. The summed E-state index contributed by atoms with van der Waals surface area (Å²) in [5, 5.41) is 0. The van der Waals surface area contributed by atoms with E-state index in [1.807, 2.05) is 12.1 Å². The van der Waals surface area contributed by atoms with Crippen LogP contribution in [0.1, 0.15) is 11.1 Å². The Balaban J connectivity index is 2.28. The van der Waals surface area contributed by atoms with Crippen molar-refractivity contribution in [2.75, 3.05) is 26.9 Å². The molecule has 1 heterocycles. The van der Waals surface area contributed by atoms with Gasteiger partial charge in [-0.25, -0.2) is 0 Å². The predicted molar refractivity (Wildman–Crippen MR) is 56.6 cm³/mol. The van der Waals surface area contributed by atoms with E-state index in [1.165, 1.54) is 5.56 Å². The van der Waals surface area contributed by atoms with Gasteiger partial charge in [0, 0.05) is 12.7 Å². The third-order valence-electron chi connectivity index (χ3n) is 2.58. The van der Waals surface area contributed by atoms with Gasteiger partial charge >= 0.3 is 0 Å². The van der Waals surface area contributed by atoms with E-state index in [9.17, 15) is 0 Å². The third-order valence-corrected chi connectivity index (χ3v) is 2.58. The molecule has 0 N–H and O–H groups in total. The maximum absolute atomic E-state index is 5.66. The molecule has 0 atom stereocenters. The Kier molecular flexibility index (Phi) is 3.05. The molecule has 1 aromatic carbocycles. The predicted octanol–water partition coefficient (Wildman–Crippen LogP) is 1.84. The summed E-state index contributed by atoms with van der Waals surface area (Å²) < 4.78 is 16.5. The van der Waals surface area contributed by atoms with Gasteiger partial charge in [-0.3, -0.25) is 0 Å². The van der Waals surface area contributed by atoms with E-state index in [0.29, 0.717) is 19.8 Å². The van der Waals surface area contributed by atoms with Crippen LogP contribution in [0.5, 0.6) is 0 Å². The molecule has 0 radical (unpaired) electrons. The Hall–Kier alpha value is -0.900. The molecule has 1 aromatic rings. The van der Waals surface area contributed by atoms with E-state index >= 15 is 0 Å². The minimum absolute atomic E-state index is 0.427. The van der Waals surface area contributed by atoms with E-state index < -0.39 is 5.79 Å². The molecule has 3 nitrogen and oxygen atoms in total. The lowest BCUT2D eigenvalue weighted by Gasteiger charge is -2.26. The Morgan fingerprint density at radius 3 is 2.33 bits per heavy atom. The molecule has 1 aliphatic heterocycles. The molecule has 0 aromatic heterocycles. The minimum Gasteiger partial charge on any atom is -0.379 e. The summed E-state index contributed by atoms with van der Waals surface area (Å²) in [5.74, 6) is -0.692. The molecule has 82 valence electrons. The van der Waals surface area contributed by atoms with Gasteiger partial charge in [0.15, 0.2) is 0 Å². The molecule has 1 aliphatic rings. The summed E-state index contributed by atoms with van der Waals surface area (Å²) in [5.41, 5.74) is 2.25. The highest BCUT2D eigenvalue weighted by molar-refractivity contribution is 5.25. The van der Waals surface area contributed by atoms with Crippen LogP contribution in [0.25, 0.3) is 0 Å². The van der Waals surface area contributed by atoms with Crippen molar-refractivity contribution in [3.05, 3.63) is 35.4 Å². The van der Waals surface area contributed by atoms with E-state index in [4.69, 9.17) is 14.2 Å². The molecular weight excluding hydrogens is 192 g/mol. The van der Waals surface area contributed by atoms with Crippen molar-refractivity contribution in [3.63, 3.8) is 0 Å². The van der Waals surface area contributed by atoms with Gasteiger partial charge in [0.2, 0.25) is 5.79 Å². The van der Waals surface area contributed by atoms with Crippen LogP contribution in [-0.2, 0) is 20.0 Å². The average Bonchev–Trinajstić information content (AvgIpc) is 2.69. The number of rotatable bonds is 3. The first-order valence-electron chi connectivity index (χ1n) is 5.11. The van der Waals surface area contributed by atoms with Crippen molar-refractivity contribution in [1.82, 2.24) is 0 Å². The molecule has 0 unspecified atom stereocenters. The van der Waals surface area contributed by atoms with Gasteiger partial charge in [-0.05, 0) is 6.92 Å². The molecule has 0 amide bonds. The van der Waals surface area contributed by atoms with Crippen LogP contribution in [0.4, 0.5) is 0 Å². The average molecular weight is 208 g/mol. The molecular formula is C12H16O3. The van der Waals surface area contributed by atoms with E-state index in [2.05, 4.69) is 19.1 Å². The zero-order valence-corrected chi connectivity index (χ0v) is 9.16.